The van der Waals surface area contributed by atoms with Crippen LogP contribution in [-0.4, -0.2) is 48.4 Å². The number of carbonyl (C=O) groups excluding carboxylic acids is 1. The molecular formula is C19H20Cl2N4O4. The van der Waals surface area contributed by atoms with Crippen molar-refractivity contribution < 1.29 is 19.4 Å². The summed E-state index contributed by atoms with van der Waals surface area (Å²) in [6.45, 7) is -0.318. The number of hydrogen-bond donors (Lipinski definition) is 4. The van der Waals surface area contributed by atoms with Crippen molar-refractivity contribution in [3.63, 3.8) is 0 Å². The quantitative estimate of drug-likeness (QED) is 0.370. The molecule has 1 atom stereocenters. The van der Waals surface area contributed by atoms with Gasteiger partial charge in [-0.3, -0.25) is 10.2 Å². The molecular weight excluding hydrogens is 419 g/mol. The average Bonchev–Trinajstić information content (AvgIpc) is 2.64. The number of amides is 1. The molecule has 2 rings (SSSR count). The summed E-state index contributed by atoms with van der Waals surface area (Å²) in [5, 5.41) is 20.4. The Morgan fingerprint density at radius 3 is 2.38 bits per heavy atom. The number of carboxylic acids is 1. The van der Waals surface area contributed by atoms with Gasteiger partial charge < -0.3 is 25.8 Å². The van der Waals surface area contributed by atoms with Gasteiger partial charge in [0.25, 0.3) is 5.91 Å². The molecule has 2 aromatic carbocycles. The zero-order valence-corrected chi connectivity index (χ0v) is 17.2. The molecule has 10 heteroatoms. The van der Waals surface area contributed by atoms with Crippen molar-refractivity contribution in [2.45, 2.75) is 6.04 Å². The average molecular weight is 439 g/mol. The first-order valence-corrected chi connectivity index (χ1v) is 9.11. The van der Waals surface area contributed by atoms with Crippen molar-refractivity contribution in [2.75, 3.05) is 26.0 Å². The number of aliphatic carboxylic acids is 1. The van der Waals surface area contributed by atoms with E-state index >= 15 is 0 Å². The standard InChI is InChI=1S/C19H20Cl2N4O4/c1-25(2)15(26)9-29-17-13(7-11(20)8-14(17)21)16(19(27)28)24-12-5-3-10(4-6-12)18(22)23/h3-8,16,24H,9H2,1-2H3,(H3,22,23)(H,27,28). The Hall–Kier alpha value is -2.97. The van der Waals surface area contributed by atoms with Gasteiger partial charge in [-0.15, -0.1) is 0 Å². The van der Waals surface area contributed by atoms with Crippen molar-refractivity contribution in [2.24, 2.45) is 5.73 Å². The maximum absolute atomic E-state index is 12.0. The van der Waals surface area contributed by atoms with Crippen LogP contribution >= 0.6 is 23.2 Å². The lowest BCUT2D eigenvalue weighted by Gasteiger charge is -2.21. The number of nitrogens with zero attached hydrogens (tertiary/aromatic N) is 1. The lowest BCUT2D eigenvalue weighted by atomic mass is 10.0. The van der Waals surface area contributed by atoms with E-state index in [1.54, 1.807) is 38.4 Å². The van der Waals surface area contributed by atoms with Crippen LogP contribution in [0.2, 0.25) is 10.0 Å². The highest BCUT2D eigenvalue weighted by molar-refractivity contribution is 6.35. The van der Waals surface area contributed by atoms with Gasteiger partial charge in [-0.05, 0) is 36.4 Å². The fourth-order valence-corrected chi connectivity index (χ4v) is 2.96. The molecule has 154 valence electrons. The van der Waals surface area contributed by atoms with Crippen LogP contribution in [0, 0.1) is 5.41 Å². The van der Waals surface area contributed by atoms with E-state index in [1.165, 1.54) is 17.0 Å². The van der Waals surface area contributed by atoms with E-state index in [9.17, 15) is 14.7 Å². The van der Waals surface area contributed by atoms with E-state index in [4.69, 9.17) is 39.1 Å². The van der Waals surface area contributed by atoms with Gasteiger partial charge in [0.15, 0.2) is 12.6 Å². The number of halogens is 2. The van der Waals surface area contributed by atoms with Gasteiger partial charge in [-0.25, -0.2) is 4.79 Å². The third-order valence-electron chi connectivity index (χ3n) is 3.94. The minimum Gasteiger partial charge on any atom is -0.482 e. The van der Waals surface area contributed by atoms with Gasteiger partial charge >= 0.3 is 5.97 Å². The predicted molar refractivity (Wildman–Crippen MR) is 112 cm³/mol. The van der Waals surface area contributed by atoms with Crippen LogP contribution in [-0.2, 0) is 9.59 Å². The zero-order valence-electron chi connectivity index (χ0n) is 15.7. The maximum Gasteiger partial charge on any atom is 0.330 e. The first-order chi connectivity index (χ1) is 13.6. The number of carbonyl (C=O) groups is 2. The van der Waals surface area contributed by atoms with Gasteiger partial charge in [0.1, 0.15) is 11.6 Å². The number of amidine groups is 1. The van der Waals surface area contributed by atoms with Gasteiger partial charge in [0.2, 0.25) is 0 Å². The highest BCUT2D eigenvalue weighted by atomic mass is 35.5. The smallest absolute Gasteiger partial charge is 0.330 e. The monoisotopic (exact) mass is 438 g/mol. The van der Waals surface area contributed by atoms with Crippen molar-refractivity contribution in [3.05, 3.63) is 57.6 Å². The highest BCUT2D eigenvalue weighted by Crippen LogP contribution is 2.37. The summed E-state index contributed by atoms with van der Waals surface area (Å²) in [5.74, 6) is -1.58. The first-order valence-electron chi connectivity index (χ1n) is 8.35. The van der Waals surface area contributed by atoms with E-state index in [1.807, 2.05) is 0 Å². The van der Waals surface area contributed by atoms with E-state index < -0.39 is 12.0 Å². The van der Waals surface area contributed by atoms with E-state index in [2.05, 4.69) is 5.32 Å². The van der Waals surface area contributed by atoms with Gasteiger partial charge in [0.05, 0.1) is 5.02 Å². The molecule has 0 saturated carbocycles. The number of benzene rings is 2. The fraction of sp³-hybridized carbons (Fsp3) is 0.211. The molecule has 8 nitrogen and oxygen atoms in total. The van der Waals surface area contributed by atoms with Crippen molar-refractivity contribution in [1.29, 1.82) is 5.41 Å². The molecule has 0 radical (unpaired) electrons. The number of hydrogen-bond acceptors (Lipinski definition) is 5. The van der Waals surface area contributed by atoms with Crippen LogP contribution in [0.5, 0.6) is 5.75 Å². The van der Waals surface area contributed by atoms with Gasteiger partial charge in [-0.1, -0.05) is 23.2 Å². The third-order valence-corrected chi connectivity index (χ3v) is 4.44. The Labute approximate surface area is 177 Å². The molecule has 0 fully saturated rings. The number of likely N-dealkylation sites (N-methyl/N-ethyl adjacent to an activating group) is 1. The number of anilines is 1. The fourth-order valence-electron chi connectivity index (χ4n) is 2.40. The van der Waals surface area contributed by atoms with Crippen LogP contribution in [0.3, 0.4) is 0 Å². The number of carboxylic acid groups (broad SMARTS) is 1. The molecule has 0 bridgehead atoms. The Kier molecular flexibility index (Phi) is 7.30. The molecule has 0 aromatic heterocycles. The molecule has 0 aliphatic carbocycles. The Balaban J connectivity index is 2.39. The summed E-state index contributed by atoms with van der Waals surface area (Å²) in [5.41, 5.74) is 6.56. The maximum atomic E-state index is 12.0. The molecule has 2 aromatic rings. The zero-order chi connectivity index (χ0) is 21.7. The molecule has 1 amide bonds. The van der Waals surface area contributed by atoms with Crippen LogP contribution < -0.4 is 15.8 Å². The SMILES string of the molecule is CN(C)C(=O)COc1c(Cl)cc(Cl)cc1C(Nc1ccc(C(=N)N)cc1)C(=O)O. The summed E-state index contributed by atoms with van der Waals surface area (Å²) in [4.78, 5) is 25.2. The Morgan fingerprint density at radius 2 is 1.86 bits per heavy atom. The molecule has 0 spiro atoms. The predicted octanol–water partition coefficient (Wildman–Crippen LogP) is 2.98. The van der Waals surface area contributed by atoms with Crippen LogP contribution in [0.4, 0.5) is 5.69 Å². The minimum atomic E-state index is -1.26. The first kappa shape index (κ1) is 22.3. The van der Waals surface area contributed by atoms with Crippen molar-refractivity contribution >= 4 is 46.6 Å². The Morgan fingerprint density at radius 1 is 1.24 bits per heavy atom. The second kappa shape index (κ2) is 9.49. The second-order valence-electron chi connectivity index (χ2n) is 6.29. The van der Waals surface area contributed by atoms with Gasteiger partial charge in [-0.2, -0.15) is 0 Å². The third kappa shape index (κ3) is 5.75. The lowest BCUT2D eigenvalue weighted by Crippen LogP contribution is -2.28. The molecule has 0 aliphatic rings. The normalized spacial score (nSPS) is 11.4. The van der Waals surface area contributed by atoms with E-state index in [-0.39, 0.29) is 39.7 Å². The number of rotatable bonds is 8. The van der Waals surface area contributed by atoms with Crippen molar-refractivity contribution in [3.8, 4) is 5.75 Å². The summed E-state index contributed by atoms with van der Waals surface area (Å²) in [7, 11) is 3.14. The number of ether oxygens (including phenoxy) is 1. The second-order valence-corrected chi connectivity index (χ2v) is 7.13. The molecule has 0 heterocycles. The summed E-state index contributed by atoms with van der Waals surface area (Å²) >= 11 is 12.3. The largest absolute Gasteiger partial charge is 0.482 e. The molecule has 0 saturated heterocycles. The summed E-state index contributed by atoms with van der Waals surface area (Å²) in [6.07, 6.45) is 0. The molecule has 29 heavy (non-hydrogen) atoms. The summed E-state index contributed by atoms with van der Waals surface area (Å²) in [6, 6.07) is 7.91. The number of nitrogens with two attached hydrogens (primary N) is 1. The highest BCUT2D eigenvalue weighted by Gasteiger charge is 2.26. The van der Waals surface area contributed by atoms with Crippen LogP contribution in [0.15, 0.2) is 36.4 Å². The summed E-state index contributed by atoms with van der Waals surface area (Å²) < 4.78 is 5.54. The number of nitrogens with one attached hydrogen (secondary N) is 2. The lowest BCUT2D eigenvalue weighted by molar-refractivity contribution is -0.138. The number of nitrogen functional groups attached to an aromatic ring is 1. The van der Waals surface area contributed by atoms with Crippen LogP contribution in [0.1, 0.15) is 17.2 Å². The van der Waals surface area contributed by atoms with E-state index in [0.29, 0.717) is 11.3 Å². The van der Waals surface area contributed by atoms with Crippen LogP contribution in [0.25, 0.3) is 0 Å². The van der Waals surface area contributed by atoms with Crippen molar-refractivity contribution in [1.82, 2.24) is 4.90 Å². The van der Waals surface area contributed by atoms with Gasteiger partial charge in [0, 0.05) is 35.9 Å². The Bertz CT molecular complexity index is 933. The minimum absolute atomic E-state index is 0.0477. The van der Waals surface area contributed by atoms with E-state index in [0.717, 1.165) is 0 Å². The molecule has 5 N–H and O–H groups in total. The molecule has 1 unspecified atom stereocenters. The topological polar surface area (TPSA) is 129 Å². The molecule has 0 aliphatic heterocycles.